The molecule has 0 aliphatic heterocycles. The third-order valence-corrected chi connectivity index (χ3v) is 5.28. The first-order chi connectivity index (χ1) is 11.1. The maximum atomic E-state index is 10.0. The van der Waals surface area contributed by atoms with E-state index >= 15 is 0 Å². The Morgan fingerprint density at radius 1 is 1.39 bits per heavy atom. The van der Waals surface area contributed by atoms with Crippen LogP contribution in [0.2, 0.25) is 5.02 Å². The summed E-state index contributed by atoms with van der Waals surface area (Å²) in [6.07, 6.45) is 1.85. The molecule has 1 aliphatic rings. The van der Waals surface area contributed by atoms with Crippen molar-refractivity contribution in [1.82, 2.24) is 14.8 Å². The van der Waals surface area contributed by atoms with Gasteiger partial charge in [-0.2, -0.15) is 0 Å². The zero-order valence-corrected chi connectivity index (χ0v) is 14.6. The van der Waals surface area contributed by atoms with Crippen molar-refractivity contribution in [1.29, 1.82) is 0 Å². The number of aliphatic hydroxyl groups is 1. The summed E-state index contributed by atoms with van der Waals surface area (Å²) < 4.78 is 7.57. The highest BCUT2D eigenvalue weighted by molar-refractivity contribution is 7.99. The number of nitrogens with zero attached hydrogens (tertiary/aromatic N) is 3. The molecule has 7 heteroatoms. The van der Waals surface area contributed by atoms with Gasteiger partial charge in [0.05, 0.1) is 19.3 Å². The molecule has 124 valence electrons. The van der Waals surface area contributed by atoms with Crippen LogP contribution in [0.15, 0.2) is 29.4 Å². The molecule has 1 aromatic carbocycles. The summed E-state index contributed by atoms with van der Waals surface area (Å²) in [5.74, 6) is 2.15. The smallest absolute Gasteiger partial charge is 0.191 e. The maximum absolute atomic E-state index is 10.0. The molecular formula is C16H20ClN3O2S. The quantitative estimate of drug-likeness (QED) is 0.739. The van der Waals surface area contributed by atoms with Gasteiger partial charge in [0.1, 0.15) is 5.82 Å². The van der Waals surface area contributed by atoms with Crippen LogP contribution >= 0.6 is 23.4 Å². The van der Waals surface area contributed by atoms with Gasteiger partial charge >= 0.3 is 0 Å². The summed E-state index contributed by atoms with van der Waals surface area (Å²) in [5.41, 5.74) is 0.927. The Hall–Kier alpha value is -1.08. The summed E-state index contributed by atoms with van der Waals surface area (Å²) in [7, 11) is 1.98. The molecule has 5 nitrogen and oxygen atoms in total. The number of halogens is 1. The number of thioether (sulfide) groups is 1. The molecule has 0 saturated heterocycles. The molecule has 1 saturated carbocycles. The summed E-state index contributed by atoms with van der Waals surface area (Å²) in [6.45, 7) is 0.669. The van der Waals surface area contributed by atoms with Gasteiger partial charge in [-0.15, -0.1) is 10.2 Å². The van der Waals surface area contributed by atoms with Crippen LogP contribution in [0.5, 0.6) is 0 Å². The van der Waals surface area contributed by atoms with Gasteiger partial charge in [0.2, 0.25) is 0 Å². The molecule has 1 fully saturated rings. The van der Waals surface area contributed by atoms with Crippen molar-refractivity contribution in [2.75, 3.05) is 12.4 Å². The zero-order chi connectivity index (χ0) is 16.2. The maximum Gasteiger partial charge on any atom is 0.191 e. The Kier molecular flexibility index (Phi) is 5.58. The SMILES string of the molecule is Cn1c(SC[C@@H](O)COCc2ccccc2Cl)nnc1C1CC1. The van der Waals surface area contributed by atoms with Crippen LogP contribution in [0.4, 0.5) is 0 Å². The minimum atomic E-state index is -0.552. The minimum Gasteiger partial charge on any atom is -0.390 e. The number of hydrogen-bond donors (Lipinski definition) is 1. The molecule has 1 aromatic heterocycles. The van der Waals surface area contributed by atoms with Gasteiger partial charge < -0.3 is 14.4 Å². The molecule has 23 heavy (non-hydrogen) atoms. The largest absolute Gasteiger partial charge is 0.390 e. The highest BCUT2D eigenvalue weighted by Gasteiger charge is 2.29. The average molecular weight is 354 g/mol. The van der Waals surface area contributed by atoms with Crippen molar-refractivity contribution < 1.29 is 9.84 Å². The molecule has 0 unspecified atom stereocenters. The molecule has 0 radical (unpaired) electrons. The number of aromatic nitrogens is 3. The fourth-order valence-corrected chi connectivity index (χ4v) is 3.30. The lowest BCUT2D eigenvalue weighted by molar-refractivity contribution is 0.0398. The van der Waals surface area contributed by atoms with Crippen molar-refractivity contribution in [3.8, 4) is 0 Å². The van der Waals surface area contributed by atoms with Gasteiger partial charge in [0.15, 0.2) is 5.16 Å². The first-order valence-electron chi connectivity index (χ1n) is 7.66. The Bertz CT molecular complexity index is 661. The lowest BCUT2D eigenvalue weighted by Gasteiger charge is -2.11. The summed E-state index contributed by atoms with van der Waals surface area (Å²) >= 11 is 7.57. The van der Waals surface area contributed by atoms with Crippen LogP contribution in [0, 0.1) is 0 Å². The molecule has 1 atom stereocenters. The number of rotatable bonds is 8. The van der Waals surface area contributed by atoms with Crippen LogP contribution < -0.4 is 0 Å². The van der Waals surface area contributed by atoms with Gasteiger partial charge in [-0.25, -0.2) is 0 Å². The minimum absolute atomic E-state index is 0.269. The summed E-state index contributed by atoms with van der Waals surface area (Å²) in [4.78, 5) is 0. The molecular weight excluding hydrogens is 334 g/mol. The van der Waals surface area contributed by atoms with Gasteiger partial charge in [0.25, 0.3) is 0 Å². The molecule has 2 aromatic rings. The Morgan fingerprint density at radius 3 is 2.91 bits per heavy atom. The predicted octanol–water partition coefficient (Wildman–Crippen LogP) is 3.02. The topological polar surface area (TPSA) is 60.2 Å². The van der Waals surface area contributed by atoms with Gasteiger partial charge in [-0.3, -0.25) is 0 Å². The molecule has 0 spiro atoms. The summed E-state index contributed by atoms with van der Waals surface area (Å²) in [5, 5.41) is 20.0. The van der Waals surface area contributed by atoms with E-state index in [1.165, 1.54) is 24.6 Å². The second kappa shape index (κ2) is 7.66. The fourth-order valence-electron chi connectivity index (χ4n) is 2.29. The number of hydrogen-bond acceptors (Lipinski definition) is 5. The third-order valence-electron chi connectivity index (χ3n) is 3.74. The van der Waals surface area contributed by atoms with E-state index in [9.17, 15) is 5.11 Å². The van der Waals surface area contributed by atoms with Crippen molar-refractivity contribution in [2.45, 2.75) is 36.6 Å². The monoisotopic (exact) mass is 353 g/mol. The van der Waals surface area contributed by atoms with Crippen LogP contribution in [-0.2, 0) is 18.4 Å². The summed E-state index contributed by atoms with van der Waals surface area (Å²) in [6, 6.07) is 7.55. The van der Waals surface area contributed by atoms with E-state index in [0.29, 0.717) is 23.3 Å². The number of ether oxygens (including phenoxy) is 1. The highest BCUT2D eigenvalue weighted by atomic mass is 35.5. The average Bonchev–Trinajstić information content (AvgIpc) is 3.31. The van der Waals surface area contributed by atoms with E-state index in [4.69, 9.17) is 16.3 Å². The van der Waals surface area contributed by atoms with Gasteiger partial charge in [0, 0.05) is 23.7 Å². The molecule has 1 aliphatic carbocycles. The molecule has 0 bridgehead atoms. The van der Waals surface area contributed by atoms with E-state index in [1.54, 1.807) is 0 Å². The lowest BCUT2D eigenvalue weighted by Crippen LogP contribution is -2.18. The van der Waals surface area contributed by atoms with E-state index in [0.717, 1.165) is 16.5 Å². The van der Waals surface area contributed by atoms with Crippen LogP contribution in [0.3, 0.4) is 0 Å². The fraction of sp³-hybridized carbons (Fsp3) is 0.500. The Morgan fingerprint density at radius 2 is 2.17 bits per heavy atom. The van der Waals surface area contributed by atoms with E-state index in [1.807, 2.05) is 35.9 Å². The standard InChI is InChI=1S/C16H20ClN3O2S/c1-20-15(11-6-7-11)18-19-16(20)23-10-13(21)9-22-8-12-4-2-3-5-14(12)17/h2-5,11,13,21H,6-10H2,1H3/t13-/m0/s1. The normalized spacial score (nSPS) is 15.8. The first kappa shape index (κ1) is 16.8. The second-order valence-corrected chi connectivity index (χ2v) is 7.14. The van der Waals surface area contributed by atoms with Crippen molar-refractivity contribution in [2.24, 2.45) is 7.05 Å². The Balaban J connectivity index is 1.41. The zero-order valence-electron chi connectivity index (χ0n) is 13.0. The number of aliphatic hydroxyl groups excluding tert-OH is 1. The van der Waals surface area contributed by atoms with Gasteiger partial charge in [-0.05, 0) is 24.5 Å². The molecule has 3 rings (SSSR count). The molecule has 1 N–H and O–H groups in total. The van der Waals surface area contributed by atoms with Crippen LogP contribution in [-0.4, -0.2) is 38.3 Å². The first-order valence-corrected chi connectivity index (χ1v) is 9.03. The van der Waals surface area contributed by atoms with E-state index in [2.05, 4.69) is 10.2 Å². The Labute approximate surface area is 145 Å². The van der Waals surface area contributed by atoms with Crippen molar-refractivity contribution in [3.05, 3.63) is 40.7 Å². The highest BCUT2D eigenvalue weighted by Crippen LogP contribution is 2.39. The van der Waals surface area contributed by atoms with Crippen LogP contribution in [0.1, 0.15) is 30.1 Å². The predicted molar refractivity (Wildman–Crippen MR) is 90.8 cm³/mol. The van der Waals surface area contributed by atoms with Crippen LogP contribution in [0.25, 0.3) is 0 Å². The molecule has 1 heterocycles. The molecule has 0 amide bonds. The van der Waals surface area contributed by atoms with Crippen molar-refractivity contribution >= 4 is 23.4 Å². The second-order valence-electron chi connectivity index (χ2n) is 5.75. The third kappa shape index (κ3) is 4.47. The van der Waals surface area contributed by atoms with Crippen molar-refractivity contribution in [3.63, 3.8) is 0 Å². The van der Waals surface area contributed by atoms with Gasteiger partial charge in [-0.1, -0.05) is 41.6 Å². The number of benzene rings is 1. The van der Waals surface area contributed by atoms with E-state index < -0.39 is 6.10 Å². The van der Waals surface area contributed by atoms with E-state index in [-0.39, 0.29) is 6.61 Å². The lowest BCUT2D eigenvalue weighted by atomic mass is 10.2.